The lowest BCUT2D eigenvalue weighted by Crippen LogP contribution is -2.24. The maximum Gasteiger partial charge on any atom is 0.272 e. The lowest BCUT2D eigenvalue weighted by molar-refractivity contribution is -0.385. The quantitative estimate of drug-likeness (QED) is 0.612. The van der Waals surface area contributed by atoms with Crippen LogP contribution in [0.5, 0.6) is 0 Å². The number of likely N-dealkylation sites (N-methyl/N-ethyl adjacent to an activating group) is 1. The highest BCUT2D eigenvalue weighted by Gasteiger charge is 2.15. The molecule has 0 radical (unpaired) electrons. The Morgan fingerprint density at radius 1 is 1.60 bits per heavy atom. The topological polar surface area (TPSA) is 55.2 Å². The summed E-state index contributed by atoms with van der Waals surface area (Å²) >= 11 is 0. The van der Waals surface area contributed by atoms with Crippen LogP contribution in [0, 0.1) is 15.9 Å². The van der Waals surface area contributed by atoms with Crippen LogP contribution in [0.4, 0.5) is 10.1 Å². The van der Waals surface area contributed by atoms with Crippen molar-refractivity contribution in [3.05, 3.63) is 39.7 Å². The lowest BCUT2D eigenvalue weighted by atomic mass is 10.1. The van der Waals surface area contributed by atoms with E-state index in [-0.39, 0.29) is 11.7 Å². The second-order valence-corrected chi connectivity index (χ2v) is 3.42. The minimum absolute atomic E-state index is 0.0292. The summed E-state index contributed by atoms with van der Waals surface area (Å²) in [4.78, 5) is 10.2. The number of nitro groups is 1. The van der Waals surface area contributed by atoms with E-state index in [0.717, 1.165) is 6.07 Å². The molecule has 0 aromatic heterocycles. The van der Waals surface area contributed by atoms with Crippen molar-refractivity contribution in [1.29, 1.82) is 0 Å². The number of nitrogens with one attached hydrogen (secondary N) is 1. The minimum atomic E-state index is -0.489. The molecular weight excluding hydrogens is 199 g/mol. The Balaban J connectivity index is 3.02. The maximum atomic E-state index is 12.9. The Morgan fingerprint density at radius 3 is 2.80 bits per heavy atom. The van der Waals surface area contributed by atoms with Gasteiger partial charge in [0, 0.05) is 17.7 Å². The van der Waals surface area contributed by atoms with Crippen molar-refractivity contribution < 1.29 is 9.31 Å². The molecule has 1 unspecified atom stereocenters. The van der Waals surface area contributed by atoms with Crippen LogP contribution in [0.15, 0.2) is 18.2 Å². The third-order valence-electron chi connectivity index (χ3n) is 2.26. The molecule has 1 aromatic rings. The molecule has 15 heavy (non-hydrogen) atoms. The van der Waals surface area contributed by atoms with Crippen molar-refractivity contribution in [3.8, 4) is 0 Å². The molecule has 1 rings (SSSR count). The second kappa shape index (κ2) is 4.84. The third-order valence-corrected chi connectivity index (χ3v) is 2.26. The van der Waals surface area contributed by atoms with E-state index in [4.69, 9.17) is 0 Å². The van der Waals surface area contributed by atoms with Crippen LogP contribution >= 0.6 is 0 Å². The molecule has 0 bridgehead atoms. The van der Waals surface area contributed by atoms with Crippen molar-refractivity contribution >= 4 is 5.69 Å². The van der Waals surface area contributed by atoms with Crippen molar-refractivity contribution in [1.82, 2.24) is 5.32 Å². The normalized spacial score (nSPS) is 12.5. The summed E-state index contributed by atoms with van der Waals surface area (Å²) in [6, 6.07) is 3.59. The van der Waals surface area contributed by atoms with Crippen molar-refractivity contribution in [2.45, 2.75) is 19.4 Å². The van der Waals surface area contributed by atoms with E-state index in [9.17, 15) is 14.5 Å². The summed E-state index contributed by atoms with van der Waals surface area (Å²) in [5.74, 6) is -0.445. The summed E-state index contributed by atoms with van der Waals surface area (Å²) < 4.78 is 12.9. The van der Waals surface area contributed by atoms with Crippen LogP contribution in [-0.2, 0) is 6.42 Å². The summed E-state index contributed by atoms with van der Waals surface area (Å²) in [6.45, 7) is 1.88. The van der Waals surface area contributed by atoms with E-state index < -0.39 is 10.7 Å². The van der Waals surface area contributed by atoms with Crippen LogP contribution < -0.4 is 5.32 Å². The van der Waals surface area contributed by atoms with E-state index in [2.05, 4.69) is 5.32 Å². The van der Waals surface area contributed by atoms with E-state index in [1.54, 1.807) is 7.05 Å². The molecule has 1 atom stereocenters. The molecule has 1 aromatic carbocycles. The van der Waals surface area contributed by atoms with Gasteiger partial charge in [-0.2, -0.15) is 0 Å². The number of nitrogens with zero attached hydrogens (tertiary/aromatic N) is 1. The fourth-order valence-electron chi connectivity index (χ4n) is 1.33. The van der Waals surface area contributed by atoms with Gasteiger partial charge in [-0.25, -0.2) is 4.39 Å². The molecule has 4 nitrogen and oxygen atoms in total. The number of benzene rings is 1. The standard InChI is InChI=1S/C10H13FN2O2/c1-7(12-2)5-8-6-9(11)3-4-10(8)13(14)15/h3-4,6-7,12H,5H2,1-2H3. The van der Waals surface area contributed by atoms with Gasteiger partial charge < -0.3 is 5.32 Å². The number of rotatable bonds is 4. The highest BCUT2D eigenvalue weighted by Crippen LogP contribution is 2.20. The molecule has 0 saturated carbocycles. The average molecular weight is 212 g/mol. The van der Waals surface area contributed by atoms with Crippen LogP contribution in [0.1, 0.15) is 12.5 Å². The Morgan fingerprint density at radius 2 is 2.27 bits per heavy atom. The first-order valence-corrected chi connectivity index (χ1v) is 4.64. The zero-order valence-electron chi connectivity index (χ0n) is 8.66. The number of nitro benzene ring substituents is 1. The van der Waals surface area contributed by atoms with Crippen LogP contribution in [0.25, 0.3) is 0 Å². The molecule has 0 aliphatic rings. The molecule has 0 amide bonds. The summed E-state index contributed by atoms with van der Waals surface area (Å²) in [5.41, 5.74) is 0.389. The number of halogens is 1. The number of hydrogen-bond donors (Lipinski definition) is 1. The Kier molecular flexibility index (Phi) is 3.74. The van der Waals surface area contributed by atoms with Crippen LogP contribution in [0.3, 0.4) is 0 Å². The molecular formula is C10H13FN2O2. The molecule has 0 heterocycles. The molecule has 0 aliphatic carbocycles. The zero-order valence-corrected chi connectivity index (χ0v) is 8.66. The van der Waals surface area contributed by atoms with Crippen LogP contribution in [-0.4, -0.2) is 18.0 Å². The highest BCUT2D eigenvalue weighted by atomic mass is 19.1. The second-order valence-electron chi connectivity index (χ2n) is 3.42. The van der Waals surface area contributed by atoms with Gasteiger partial charge in [-0.3, -0.25) is 10.1 Å². The monoisotopic (exact) mass is 212 g/mol. The van der Waals surface area contributed by atoms with Gasteiger partial charge in [0.05, 0.1) is 4.92 Å². The SMILES string of the molecule is CNC(C)Cc1cc(F)ccc1[N+](=O)[O-]. The van der Waals surface area contributed by atoms with Gasteiger partial charge in [-0.1, -0.05) is 0 Å². The first kappa shape index (κ1) is 11.6. The van der Waals surface area contributed by atoms with Gasteiger partial charge in [-0.15, -0.1) is 0 Å². The largest absolute Gasteiger partial charge is 0.317 e. The van der Waals surface area contributed by atoms with Gasteiger partial charge in [-0.05, 0) is 32.5 Å². The average Bonchev–Trinajstić information content (AvgIpc) is 2.17. The Labute approximate surface area is 87.3 Å². The lowest BCUT2D eigenvalue weighted by Gasteiger charge is -2.10. The fraction of sp³-hybridized carbons (Fsp3) is 0.400. The fourth-order valence-corrected chi connectivity index (χ4v) is 1.33. The Hall–Kier alpha value is -1.49. The summed E-state index contributed by atoms with van der Waals surface area (Å²) in [7, 11) is 1.76. The summed E-state index contributed by atoms with van der Waals surface area (Å²) in [6.07, 6.45) is 0.435. The number of hydrogen-bond acceptors (Lipinski definition) is 3. The van der Waals surface area contributed by atoms with E-state index >= 15 is 0 Å². The van der Waals surface area contributed by atoms with E-state index in [1.807, 2.05) is 6.92 Å². The first-order chi connectivity index (χ1) is 7.04. The van der Waals surface area contributed by atoms with Crippen molar-refractivity contribution in [3.63, 3.8) is 0 Å². The zero-order chi connectivity index (χ0) is 11.4. The Bertz CT molecular complexity index is 368. The van der Waals surface area contributed by atoms with Gasteiger partial charge in [0.15, 0.2) is 0 Å². The molecule has 5 heteroatoms. The van der Waals surface area contributed by atoms with E-state index in [1.165, 1.54) is 12.1 Å². The molecule has 0 spiro atoms. The smallest absolute Gasteiger partial charge is 0.272 e. The van der Waals surface area contributed by atoms with Gasteiger partial charge >= 0.3 is 0 Å². The third kappa shape index (κ3) is 2.99. The predicted molar refractivity (Wildman–Crippen MR) is 55.3 cm³/mol. The van der Waals surface area contributed by atoms with E-state index in [0.29, 0.717) is 12.0 Å². The van der Waals surface area contributed by atoms with Gasteiger partial charge in [0.1, 0.15) is 5.82 Å². The van der Waals surface area contributed by atoms with Crippen molar-refractivity contribution in [2.24, 2.45) is 0 Å². The van der Waals surface area contributed by atoms with Crippen molar-refractivity contribution in [2.75, 3.05) is 7.05 Å². The maximum absolute atomic E-state index is 12.9. The van der Waals surface area contributed by atoms with Crippen LogP contribution in [0.2, 0.25) is 0 Å². The summed E-state index contributed by atoms with van der Waals surface area (Å²) in [5, 5.41) is 13.6. The van der Waals surface area contributed by atoms with Gasteiger partial charge in [0.2, 0.25) is 0 Å². The molecule has 0 aliphatic heterocycles. The molecule has 0 fully saturated rings. The minimum Gasteiger partial charge on any atom is -0.317 e. The van der Waals surface area contributed by atoms with Gasteiger partial charge in [0.25, 0.3) is 5.69 Å². The molecule has 0 saturated heterocycles. The highest BCUT2D eigenvalue weighted by molar-refractivity contribution is 5.40. The first-order valence-electron chi connectivity index (χ1n) is 4.64. The predicted octanol–water partition coefficient (Wildman–Crippen LogP) is 1.88. The molecule has 82 valence electrons. The molecule has 1 N–H and O–H groups in total.